The van der Waals surface area contributed by atoms with Crippen LogP contribution < -0.4 is 0 Å². The molecule has 0 saturated carbocycles. The minimum absolute atomic E-state index is 0.150. The van der Waals surface area contributed by atoms with Gasteiger partial charge in [0.2, 0.25) is 0 Å². The van der Waals surface area contributed by atoms with Gasteiger partial charge in [-0.2, -0.15) is 0 Å². The summed E-state index contributed by atoms with van der Waals surface area (Å²) in [4.78, 5) is 17.5. The van der Waals surface area contributed by atoms with E-state index >= 15 is 0 Å². The zero-order valence-corrected chi connectivity index (χ0v) is 14.5. The third-order valence-corrected chi connectivity index (χ3v) is 5.47. The third-order valence-electron chi connectivity index (χ3n) is 5.47. The Kier molecular flexibility index (Phi) is 4.78. The lowest BCUT2D eigenvalue weighted by atomic mass is 10.1. The molecule has 2 aliphatic heterocycles. The van der Waals surface area contributed by atoms with Crippen molar-refractivity contribution in [1.29, 1.82) is 0 Å². The van der Waals surface area contributed by atoms with Crippen LogP contribution in [0.25, 0.3) is 5.69 Å². The smallest absolute Gasteiger partial charge is 0.253 e. The van der Waals surface area contributed by atoms with Crippen molar-refractivity contribution in [3.63, 3.8) is 0 Å². The Bertz CT molecular complexity index is 691. The van der Waals surface area contributed by atoms with Gasteiger partial charge in [-0.1, -0.05) is 0 Å². The van der Waals surface area contributed by atoms with Gasteiger partial charge in [-0.15, -0.1) is 10.2 Å². The maximum atomic E-state index is 12.9. The van der Waals surface area contributed by atoms with Crippen molar-refractivity contribution in [3.8, 4) is 5.69 Å². The monoisotopic (exact) mass is 339 g/mol. The SMILES string of the molecule is O=C(c1ccc(-n2cnnc2)cc1)N1CCCC(N2CCCC2)CC1. The summed E-state index contributed by atoms with van der Waals surface area (Å²) >= 11 is 0. The third kappa shape index (κ3) is 3.58. The summed E-state index contributed by atoms with van der Waals surface area (Å²) < 4.78 is 1.83. The van der Waals surface area contributed by atoms with E-state index in [0.29, 0.717) is 6.04 Å². The highest BCUT2D eigenvalue weighted by Crippen LogP contribution is 2.22. The van der Waals surface area contributed by atoms with Gasteiger partial charge >= 0.3 is 0 Å². The average molecular weight is 339 g/mol. The molecule has 0 N–H and O–H groups in total. The summed E-state index contributed by atoms with van der Waals surface area (Å²) in [5.41, 5.74) is 1.72. The molecule has 0 spiro atoms. The summed E-state index contributed by atoms with van der Waals surface area (Å²) in [6, 6.07) is 8.36. The van der Waals surface area contributed by atoms with Crippen molar-refractivity contribution in [1.82, 2.24) is 24.6 Å². The lowest BCUT2D eigenvalue weighted by Crippen LogP contribution is -2.35. The van der Waals surface area contributed by atoms with Gasteiger partial charge in [0.15, 0.2) is 0 Å². The standard InChI is InChI=1S/C19H25N5O/c25-19(16-5-7-18(8-6-16)24-14-20-21-15-24)23-12-3-4-17(9-13-23)22-10-1-2-11-22/h5-8,14-15,17H,1-4,9-13H2. The van der Waals surface area contributed by atoms with Gasteiger partial charge in [0.25, 0.3) is 5.91 Å². The Morgan fingerprint density at radius 3 is 2.32 bits per heavy atom. The molecule has 6 nitrogen and oxygen atoms in total. The molecule has 2 aliphatic rings. The van der Waals surface area contributed by atoms with Crippen LogP contribution in [0.5, 0.6) is 0 Å². The normalized spacial score (nSPS) is 22.1. The van der Waals surface area contributed by atoms with Crippen LogP contribution in [-0.2, 0) is 0 Å². The average Bonchev–Trinajstić information content (AvgIpc) is 3.32. The van der Waals surface area contributed by atoms with Crippen molar-refractivity contribution in [3.05, 3.63) is 42.5 Å². The van der Waals surface area contributed by atoms with E-state index < -0.39 is 0 Å². The summed E-state index contributed by atoms with van der Waals surface area (Å²) in [6.45, 7) is 4.22. The molecule has 4 rings (SSSR count). The number of hydrogen-bond acceptors (Lipinski definition) is 4. The van der Waals surface area contributed by atoms with Crippen LogP contribution in [0, 0.1) is 0 Å². The molecule has 2 saturated heterocycles. The number of likely N-dealkylation sites (tertiary alicyclic amines) is 2. The van der Waals surface area contributed by atoms with E-state index in [-0.39, 0.29) is 5.91 Å². The van der Waals surface area contributed by atoms with E-state index in [1.165, 1.54) is 32.4 Å². The maximum Gasteiger partial charge on any atom is 0.253 e. The molecule has 6 heteroatoms. The lowest BCUT2D eigenvalue weighted by Gasteiger charge is -2.26. The number of carbonyl (C=O) groups is 1. The van der Waals surface area contributed by atoms with Gasteiger partial charge in [0, 0.05) is 30.4 Å². The molecule has 1 atom stereocenters. The molecule has 0 bridgehead atoms. The number of benzene rings is 1. The van der Waals surface area contributed by atoms with Crippen LogP contribution in [0.15, 0.2) is 36.9 Å². The van der Waals surface area contributed by atoms with E-state index in [0.717, 1.165) is 37.2 Å². The fraction of sp³-hybridized carbons (Fsp3) is 0.526. The molecule has 1 aromatic heterocycles. The Balaban J connectivity index is 1.40. The zero-order chi connectivity index (χ0) is 17.1. The molecular weight excluding hydrogens is 314 g/mol. The van der Waals surface area contributed by atoms with E-state index in [1.807, 2.05) is 33.7 Å². The number of aromatic nitrogens is 3. The topological polar surface area (TPSA) is 54.3 Å². The van der Waals surface area contributed by atoms with Crippen molar-refractivity contribution in [2.24, 2.45) is 0 Å². The number of hydrogen-bond donors (Lipinski definition) is 0. The summed E-state index contributed by atoms with van der Waals surface area (Å²) in [5.74, 6) is 0.150. The van der Waals surface area contributed by atoms with Gasteiger partial charge in [-0.05, 0) is 69.5 Å². The summed E-state index contributed by atoms with van der Waals surface area (Å²) in [5, 5.41) is 7.63. The molecule has 132 valence electrons. The van der Waals surface area contributed by atoms with E-state index in [4.69, 9.17) is 0 Å². The largest absolute Gasteiger partial charge is 0.339 e. The van der Waals surface area contributed by atoms with Gasteiger partial charge in [0.05, 0.1) is 0 Å². The fourth-order valence-electron chi connectivity index (χ4n) is 4.05. The molecule has 1 aromatic carbocycles. The Morgan fingerprint density at radius 1 is 0.880 bits per heavy atom. The fourth-order valence-corrected chi connectivity index (χ4v) is 4.05. The summed E-state index contributed by atoms with van der Waals surface area (Å²) in [6.07, 6.45) is 9.40. The first-order valence-electron chi connectivity index (χ1n) is 9.30. The van der Waals surface area contributed by atoms with Crippen LogP contribution >= 0.6 is 0 Å². The molecular formula is C19H25N5O. The van der Waals surface area contributed by atoms with E-state index in [1.54, 1.807) is 12.7 Å². The molecule has 1 amide bonds. The van der Waals surface area contributed by atoms with Crippen molar-refractivity contribution >= 4 is 5.91 Å². The second-order valence-corrected chi connectivity index (χ2v) is 7.04. The second kappa shape index (κ2) is 7.35. The number of rotatable bonds is 3. The van der Waals surface area contributed by atoms with Gasteiger partial charge in [-0.25, -0.2) is 0 Å². The molecule has 2 aromatic rings. The van der Waals surface area contributed by atoms with Gasteiger partial charge in [0.1, 0.15) is 12.7 Å². The Morgan fingerprint density at radius 2 is 1.60 bits per heavy atom. The van der Waals surface area contributed by atoms with Crippen LogP contribution in [-0.4, -0.2) is 62.7 Å². The van der Waals surface area contributed by atoms with Crippen LogP contribution in [0.3, 0.4) is 0 Å². The molecule has 0 radical (unpaired) electrons. The first-order valence-corrected chi connectivity index (χ1v) is 9.30. The molecule has 0 aliphatic carbocycles. The first kappa shape index (κ1) is 16.3. The highest BCUT2D eigenvalue weighted by molar-refractivity contribution is 5.94. The van der Waals surface area contributed by atoms with Crippen LogP contribution in [0.1, 0.15) is 42.5 Å². The van der Waals surface area contributed by atoms with Gasteiger partial charge in [-0.3, -0.25) is 9.36 Å². The highest BCUT2D eigenvalue weighted by Gasteiger charge is 2.26. The summed E-state index contributed by atoms with van der Waals surface area (Å²) in [7, 11) is 0. The van der Waals surface area contributed by atoms with Crippen LogP contribution in [0.4, 0.5) is 0 Å². The van der Waals surface area contributed by atoms with Gasteiger partial charge < -0.3 is 9.80 Å². The Hall–Kier alpha value is -2.21. The number of amides is 1. The molecule has 1 unspecified atom stereocenters. The van der Waals surface area contributed by atoms with E-state index in [2.05, 4.69) is 15.1 Å². The zero-order valence-electron chi connectivity index (χ0n) is 14.5. The molecule has 2 fully saturated rings. The first-order chi connectivity index (χ1) is 12.3. The quantitative estimate of drug-likeness (QED) is 0.861. The number of nitrogens with zero attached hydrogens (tertiary/aromatic N) is 5. The highest BCUT2D eigenvalue weighted by atomic mass is 16.2. The predicted molar refractivity (Wildman–Crippen MR) is 95.7 cm³/mol. The lowest BCUT2D eigenvalue weighted by molar-refractivity contribution is 0.0757. The van der Waals surface area contributed by atoms with Crippen LogP contribution in [0.2, 0.25) is 0 Å². The number of carbonyl (C=O) groups excluding carboxylic acids is 1. The molecule has 3 heterocycles. The minimum atomic E-state index is 0.150. The van der Waals surface area contributed by atoms with Crippen molar-refractivity contribution < 1.29 is 4.79 Å². The maximum absolute atomic E-state index is 12.9. The molecule has 25 heavy (non-hydrogen) atoms. The predicted octanol–water partition coefficient (Wildman–Crippen LogP) is 2.36. The van der Waals surface area contributed by atoms with E-state index in [9.17, 15) is 4.79 Å². The van der Waals surface area contributed by atoms with Crippen molar-refractivity contribution in [2.45, 2.75) is 38.1 Å². The van der Waals surface area contributed by atoms with Crippen molar-refractivity contribution in [2.75, 3.05) is 26.2 Å². The second-order valence-electron chi connectivity index (χ2n) is 7.04. The Labute approximate surface area is 148 Å². The minimum Gasteiger partial charge on any atom is -0.339 e.